The molecule has 236 valence electrons. The van der Waals surface area contributed by atoms with Crippen LogP contribution in [-0.4, -0.2) is 119 Å². The number of phosphoric acid groups is 2. The average molecular weight is 648 g/mol. The van der Waals surface area contributed by atoms with Crippen LogP contribution in [0.3, 0.4) is 0 Å². The van der Waals surface area contributed by atoms with Crippen molar-refractivity contribution in [3.05, 3.63) is 43.5 Å². The molecule has 25 heteroatoms. The zero-order valence-electron chi connectivity index (χ0n) is 20.9. The highest BCUT2D eigenvalue weighted by Gasteiger charge is 2.50. The quantitative estimate of drug-likeness (QED) is 0.0447. The van der Waals surface area contributed by atoms with Crippen molar-refractivity contribution >= 4 is 21.6 Å². The first kappa shape index (κ1) is 33.9. The van der Waals surface area contributed by atoms with Gasteiger partial charge in [-0.05, 0) is 5.53 Å². The molecule has 2 aliphatic rings. The van der Waals surface area contributed by atoms with Crippen LogP contribution in [0.25, 0.3) is 10.4 Å². The summed E-state index contributed by atoms with van der Waals surface area (Å²) in [6.07, 6.45) is -13.6. The number of phosphoric ester groups is 2. The molecule has 1 aromatic rings. The van der Waals surface area contributed by atoms with Crippen molar-refractivity contribution in [2.75, 3.05) is 19.8 Å². The van der Waals surface area contributed by atoms with Crippen LogP contribution < -0.4 is 16.6 Å². The second-order valence-corrected chi connectivity index (χ2v) is 11.7. The standard InChI is InChI=1S/C17H26N6O17P2/c18-22-19-3-9(26)20-10-13(29)11(27)6(4-24)38-16(10)39-42(34,35)40-41(32,33)36-5-7-12(28)14(30)15(37-7)23-2-1-8(25)21-17(23)31/h1-2,6-7,10-16,24,27-30H,3-5H2,(H,20,26)(H,32,33)(H,34,35)(H,21,25,31)/t6?,7-,10?,11+,12+,13-,14?,15-,16-/m1/s1. The van der Waals surface area contributed by atoms with Gasteiger partial charge in [0.2, 0.25) is 5.91 Å². The molecule has 1 aromatic heterocycles. The molecule has 0 radical (unpaired) electrons. The molecule has 0 aliphatic carbocycles. The van der Waals surface area contributed by atoms with Crippen LogP contribution in [0.5, 0.6) is 0 Å². The zero-order valence-corrected chi connectivity index (χ0v) is 22.7. The van der Waals surface area contributed by atoms with E-state index in [0.29, 0.717) is 4.57 Å². The minimum Gasteiger partial charge on any atom is -0.394 e. The van der Waals surface area contributed by atoms with Crippen molar-refractivity contribution in [1.82, 2.24) is 14.9 Å². The Morgan fingerprint density at radius 1 is 1.10 bits per heavy atom. The van der Waals surface area contributed by atoms with Gasteiger partial charge in [0.1, 0.15) is 49.2 Å². The van der Waals surface area contributed by atoms with E-state index >= 15 is 0 Å². The largest absolute Gasteiger partial charge is 0.483 e. The first-order chi connectivity index (χ1) is 19.6. The van der Waals surface area contributed by atoms with Gasteiger partial charge in [-0.15, -0.1) is 0 Å². The highest BCUT2D eigenvalue weighted by atomic mass is 31.3. The molecule has 0 aromatic carbocycles. The van der Waals surface area contributed by atoms with Gasteiger partial charge in [0, 0.05) is 17.2 Å². The van der Waals surface area contributed by atoms with Crippen LogP contribution in [0.2, 0.25) is 0 Å². The third kappa shape index (κ3) is 8.29. The number of amides is 1. The predicted molar refractivity (Wildman–Crippen MR) is 129 cm³/mol. The van der Waals surface area contributed by atoms with Crippen molar-refractivity contribution in [2.24, 2.45) is 5.11 Å². The van der Waals surface area contributed by atoms with Gasteiger partial charge in [0.25, 0.3) is 5.56 Å². The number of hydrogen-bond acceptors (Lipinski definition) is 16. The lowest BCUT2D eigenvalue weighted by atomic mass is 9.97. The molecule has 0 saturated carbocycles. The van der Waals surface area contributed by atoms with E-state index in [9.17, 15) is 58.8 Å². The second kappa shape index (κ2) is 13.8. The highest BCUT2D eigenvalue weighted by molar-refractivity contribution is 7.61. The molecule has 23 nitrogen and oxygen atoms in total. The Labute approximate surface area is 232 Å². The second-order valence-electron chi connectivity index (χ2n) is 8.67. The van der Waals surface area contributed by atoms with Crippen molar-refractivity contribution < 1.29 is 72.1 Å². The van der Waals surface area contributed by atoms with Gasteiger partial charge < -0.3 is 50.1 Å². The van der Waals surface area contributed by atoms with Crippen molar-refractivity contribution in [3.63, 3.8) is 0 Å². The summed E-state index contributed by atoms with van der Waals surface area (Å²) in [7, 11) is -11.3. The number of H-pyrrole nitrogens is 1. The predicted octanol–water partition coefficient (Wildman–Crippen LogP) is -4.36. The summed E-state index contributed by atoms with van der Waals surface area (Å²) < 4.78 is 49.3. The third-order valence-electron chi connectivity index (χ3n) is 5.79. The lowest BCUT2D eigenvalue weighted by Crippen LogP contribution is -2.64. The summed E-state index contributed by atoms with van der Waals surface area (Å²) in [5.41, 5.74) is 6.54. The SMILES string of the molecule is [N-]=[N+]=NCC(=O)NC1[C@@H](OP(=O)(O)OP(=O)(O)OC[C@H]2O[C@@H](n3ccc(=O)[nH]c3=O)C(O)[C@H]2O)OC(CO)[C@H](O)[C@@H]1O. The van der Waals surface area contributed by atoms with Crippen molar-refractivity contribution in [1.29, 1.82) is 0 Å². The van der Waals surface area contributed by atoms with E-state index in [1.807, 2.05) is 10.3 Å². The molecule has 5 unspecified atom stereocenters. The van der Waals surface area contributed by atoms with Gasteiger partial charge >= 0.3 is 21.3 Å². The lowest BCUT2D eigenvalue weighted by Gasteiger charge is -2.42. The number of aromatic nitrogens is 2. The molecular weight excluding hydrogens is 622 g/mol. The van der Waals surface area contributed by atoms with Gasteiger partial charge in [-0.1, -0.05) is 5.11 Å². The Balaban J connectivity index is 1.67. The molecule has 0 bridgehead atoms. The maximum Gasteiger partial charge on any atom is 0.483 e. The number of aliphatic hydroxyl groups excluding tert-OH is 5. The molecule has 42 heavy (non-hydrogen) atoms. The van der Waals surface area contributed by atoms with Crippen molar-refractivity contribution in [3.8, 4) is 0 Å². The van der Waals surface area contributed by atoms with E-state index < -0.39 is 108 Å². The summed E-state index contributed by atoms with van der Waals surface area (Å²) in [6, 6.07) is -0.958. The lowest BCUT2D eigenvalue weighted by molar-refractivity contribution is -0.247. The van der Waals surface area contributed by atoms with Gasteiger partial charge in [0.15, 0.2) is 12.5 Å². The fourth-order valence-corrected chi connectivity index (χ4v) is 6.01. The zero-order chi connectivity index (χ0) is 31.4. The van der Waals surface area contributed by atoms with E-state index in [-0.39, 0.29) is 0 Å². The van der Waals surface area contributed by atoms with Gasteiger partial charge in [-0.2, -0.15) is 4.31 Å². The molecule has 9 N–H and O–H groups in total. The number of nitrogens with zero attached hydrogens (tertiary/aromatic N) is 4. The number of carbonyl (C=O) groups excluding carboxylic acids is 1. The summed E-state index contributed by atoms with van der Waals surface area (Å²) in [6.45, 7) is -2.85. The molecule has 11 atom stereocenters. The maximum atomic E-state index is 12.5. The monoisotopic (exact) mass is 648 g/mol. The number of hydrogen-bond donors (Lipinski definition) is 9. The minimum atomic E-state index is -5.73. The fourth-order valence-electron chi connectivity index (χ4n) is 3.85. The molecule has 2 fully saturated rings. The van der Waals surface area contributed by atoms with Crippen LogP contribution >= 0.6 is 15.6 Å². The normalized spacial score (nSPS) is 34.1. The van der Waals surface area contributed by atoms with E-state index in [4.69, 9.17) is 15.0 Å². The molecule has 3 rings (SSSR count). The average Bonchev–Trinajstić information content (AvgIpc) is 3.18. The molecule has 3 heterocycles. The smallest absolute Gasteiger partial charge is 0.394 e. The minimum absolute atomic E-state index is 0.705. The summed E-state index contributed by atoms with van der Waals surface area (Å²) in [5.74, 6) is -1.08. The van der Waals surface area contributed by atoms with Crippen molar-refractivity contribution in [2.45, 2.75) is 55.2 Å². The van der Waals surface area contributed by atoms with Crippen LogP contribution in [0.4, 0.5) is 0 Å². The van der Waals surface area contributed by atoms with Gasteiger partial charge in [-0.25, -0.2) is 13.9 Å². The Bertz CT molecular complexity index is 1380. The fraction of sp³-hybridized carbons (Fsp3) is 0.706. The van der Waals surface area contributed by atoms with Crippen LogP contribution in [0, 0.1) is 0 Å². The Morgan fingerprint density at radius 3 is 2.38 bits per heavy atom. The molecule has 2 saturated heterocycles. The molecule has 2 aliphatic heterocycles. The first-order valence-corrected chi connectivity index (χ1v) is 14.5. The van der Waals surface area contributed by atoms with Crippen LogP contribution in [0.1, 0.15) is 6.23 Å². The number of nitrogens with one attached hydrogen (secondary N) is 2. The van der Waals surface area contributed by atoms with E-state index in [0.717, 1.165) is 12.3 Å². The first-order valence-electron chi connectivity index (χ1n) is 11.5. The van der Waals surface area contributed by atoms with Gasteiger partial charge in [0.05, 0.1) is 13.2 Å². The van der Waals surface area contributed by atoms with Crippen LogP contribution in [-0.2, 0) is 36.8 Å². The Kier molecular flexibility index (Phi) is 11.2. The molecular formula is C17H26N6O17P2. The summed E-state index contributed by atoms with van der Waals surface area (Å²) in [5, 5.41) is 55.1. The number of aliphatic hydroxyl groups is 5. The summed E-state index contributed by atoms with van der Waals surface area (Å²) in [4.78, 5) is 59.4. The number of azide groups is 1. The van der Waals surface area contributed by atoms with E-state index in [1.165, 1.54) is 0 Å². The number of aromatic amines is 1. The van der Waals surface area contributed by atoms with Gasteiger partial charge in [-0.3, -0.25) is 28.2 Å². The maximum absolute atomic E-state index is 12.5. The Hall–Kier alpha value is -2.56. The number of ether oxygens (including phenoxy) is 2. The van der Waals surface area contributed by atoms with E-state index in [2.05, 4.69) is 23.4 Å². The molecule has 1 amide bonds. The summed E-state index contributed by atoms with van der Waals surface area (Å²) >= 11 is 0. The third-order valence-corrected chi connectivity index (χ3v) is 8.39. The molecule has 0 spiro atoms. The number of rotatable bonds is 12. The topological polar surface area (TPSA) is 355 Å². The highest BCUT2D eigenvalue weighted by Crippen LogP contribution is 2.61. The number of carbonyl (C=O) groups is 1. The Morgan fingerprint density at radius 2 is 1.76 bits per heavy atom. The van der Waals surface area contributed by atoms with Crippen LogP contribution in [0.15, 0.2) is 27.0 Å². The van der Waals surface area contributed by atoms with E-state index in [1.54, 1.807) is 0 Å².